The molecule has 3 nitrogen and oxygen atoms in total. The van der Waals surface area contributed by atoms with E-state index in [0.717, 1.165) is 18.2 Å². The smallest absolute Gasteiger partial charge is 0.264 e. The lowest BCUT2D eigenvalue weighted by Gasteiger charge is -2.03. The van der Waals surface area contributed by atoms with Crippen LogP contribution in [0.5, 0.6) is 0 Å². The summed E-state index contributed by atoms with van der Waals surface area (Å²) >= 11 is 3.46. The molecule has 0 aliphatic heterocycles. The third-order valence-electron chi connectivity index (χ3n) is 3.79. The molecule has 5 heteroatoms. The van der Waals surface area contributed by atoms with Crippen LogP contribution >= 0.6 is 15.9 Å². The van der Waals surface area contributed by atoms with Gasteiger partial charge in [-0.25, -0.2) is 0 Å². The van der Waals surface area contributed by atoms with Crippen molar-refractivity contribution < 1.29 is 13.0 Å². The van der Waals surface area contributed by atoms with E-state index in [4.69, 9.17) is 4.55 Å². The van der Waals surface area contributed by atoms with E-state index in [2.05, 4.69) is 15.9 Å². The van der Waals surface area contributed by atoms with Gasteiger partial charge in [0.15, 0.2) is 0 Å². The Hall–Kier alpha value is 0.390. The van der Waals surface area contributed by atoms with Crippen LogP contribution < -0.4 is 0 Å². The van der Waals surface area contributed by atoms with E-state index in [-0.39, 0.29) is 5.75 Å². The first-order valence-corrected chi connectivity index (χ1v) is 11.3. The Bertz CT molecular complexity index is 305. The van der Waals surface area contributed by atoms with E-state index in [1.807, 2.05) is 0 Å². The number of alkyl halides is 1. The normalized spacial score (nSPS) is 11.9. The predicted molar refractivity (Wildman–Crippen MR) is 94.8 cm³/mol. The first kappa shape index (κ1) is 21.4. The van der Waals surface area contributed by atoms with Crippen molar-refractivity contribution in [2.45, 2.75) is 89.9 Å². The minimum Gasteiger partial charge on any atom is -0.286 e. The van der Waals surface area contributed by atoms with Crippen LogP contribution in [0.1, 0.15) is 89.9 Å². The van der Waals surface area contributed by atoms with Gasteiger partial charge in [-0.2, -0.15) is 8.42 Å². The largest absolute Gasteiger partial charge is 0.286 e. The summed E-state index contributed by atoms with van der Waals surface area (Å²) in [4.78, 5) is 0. The van der Waals surface area contributed by atoms with Crippen molar-refractivity contribution in [1.82, 2.24) is 0 Å². The van der Waals surface area contributed by atoms with Gasteiger partial charge in [-0.3, -0.25) is 4.55 Å². The number of unbranched alkanes of at least 4 members (excludes halogenated alkanes) is 13. The van der Waals surface area contributed by atoms with Gasteiger partial charge >= 0.3 is 0 Å². The average Bonchev–Trinajstić information content (AvgIpc) is 2.42. The summed E-state index contributed by atoms with van der Waals surface area (Å²) in [5.74, 6) is -0.0807. The van der Waals surface area contributed by atoms with E-state index in [1.54, 1.807) is 0 Å². The van der Waals surface area contributed by atoms with E-state index >= 15 is 0 Å². The van der Waals surface area contributed by atoms with E-state index < -0.39 is 10.1 Å². The van der Waals surface area contributed by atoms with E-state index in [1.165, 1.54) is 70.6 Å². The molecule has 0 aromatic carbocycles. The molecule has 128 valence electrons. The standard InChI is InChI=1S/C16H33BrO3S/c17-15-13-11-9-7-5-3-1-2-4-6-8-10-12-14-16-21(18,19)20/h1-16H2,(H,18,19,20). The Morgan fingerprint density at radius 3 is 1.14 bits per heavy atom. The average molecular weight is 385 g/mol. The molecule has 0 fully saturated rings. The predicted octanol–water partition coefficient (Wildman–Crippen LogP) is 5.73. The van der Waals surface area contributed by atoms with Crippen molar-refractivity contribution in [3.8, 4) is 0 Å². The lowest BCUT2D eigenvalue weighted by atomic mass is 10.0. The summed E-state index contributed by atoms with van der Waals surface area (Å²) in [5.41, 5.74) is 0. The molecule has 0 spiro atoms. The zero-order chi connectivity index (χ0) is 15.8. The van der Waals surface area contributed by atoms with Gasteiger partial charge in [0.25, 0.3) is 10.1 Å². The third kappa shape index (κ3) is 20.4. The fraction of sp³-hybridized carbons (Fsp3) is 1.00. The zero-order valence-corrected chi connectivity index (χ0v) is 15.8. The number of rotatable bonds is 16. The monoisotopic (exact) mass is 384 g/mol. The first-order valence-electron chi connectivity index (χ1n) is 8.57. The van der Waals surface area contributed by atoms with Gasteiger partial charge in [0, 0.05) is 5.33 Å². The minimum absolute atomic E-state index is 0.0807. The Kier molecular flexibility index (Phi) is 15.6. The summed E-state index contributed by atoms with van der Waals surface area (Å²) in [6, 6.07) is 0. The van der Waals surface area contributed by atoms with E-state index in [9.17, 15) is 8.42 Å². The molecule has 0 aliphatic carbocycles. The fourth-order valence-corrected chi connectivity index (χ4v) is 3.47. The second kappa shape index (κ2) is 15.3. The lowest BCUT2D eigenvalue weighted by molar-refractivity contribution is 0.478. The molecular formula is C16H33BrO3S. The van der Waals surface area contributed by atoms with E-state index in [0.29, 0.717) is 6.42 Å². The van der Waals surface area contributed by atoms with Crippen LogP contribution in [0.15, 0.2) is 0 Å². The summed E-state index contributed by atoms with van der Waals surface area (Å²) in [5, 5.41) is 1.14. The van der Waals surface area contributed by atoms with Gasteiger partial charge in [-0.15, -0.1) is 0 Å². The van der Waals surface area contributed by atoms with Gasteiger partial charge in [0.2, 0.25) is 0 Å². The number of halogens is 1. The molecule has 0 aromatic heterocycles. The molecule has 0 heterocycles. The van der Waals surface area contributed by atoms with Crippen LogP contribution in [-0.4, -0.2) is 24.1 Å². The van der Waals surface area contributed by atoms with Gasteiger partial charge in [0.05, 0.1) is 5.75 Å². The maximum atomic E-state index is 10.5. The highest BCUT2D eigenvalue weighted by atomic mass is 79.9. The highest BCUT2D eigenvalue weighted by Crippen LogP contribution is 2.13. The second-order valence-electron chi connectivity index (χ2n) is 5.92. The molecular weight excluding hydrogens is 352 g/mol. The highest BCUT2D eigenvalue weighted by Gasteiger charge is 2.02. The van der Waals surface area contributed by atoms with Gasteiger partial charge in [0.1, 0.15) is 0 Å². The van der Waals surface area contributed by atoms with Crippen LogP contribution in [0.2, 0.25) is 0 Å². The Morgan fingerprint density at radius 1 is 0.571 bits per heavy atom. The highest BCUT2D eigenvalue weighted by molar-refractivity contribution is 9.09. The van der Waals surface area contributed by atoms with Crippen molar-refractivity contribution in [1.29, 1.82) is 0 Å². The molecule has 0 saturated heterocycles. The number of hydrogen-bond acceptors (Lipinski definition) is 2. The van der Waals surface area contributed by atoms with Crippen LogP contribution in [0.4, 0.5) is 0 Å². The first-order chi connectivity index (χ1) is 10.1. The molecule has 0 atom stereocenters. The molecule has 0 amide bonds. The minimum atomic E-state index is -3.74. The molecule has 0 saturated carbocycles. The molecule has 0 bridgehead atoms. The Labute approximate surface area is 140 Å². The molecule has 1 N–H and O–H groups in total. The lowest BCUT2D eigenvalue weighted by Crippen LogP contribution is -2.03. The summed E-state index contributed by atoms with van der Waals surface area (Å²) in [6.07, 6.45) is 17.3. The SMILES string of the molecule is O=S(=O)(O)CCCCCCCCCCCCCCCCBr. The Morgan fingerprint density at radius 2 is 0.857 bits per heavy atom. The van der Waals surface area contributed by atoms with Crippen molar-refractivity contribution in [2.75, 3.05) is 11.1 Å². The molecule has 21 heavy (non-hydrogen) atoms. The van der Waals surface area contributed by atoms with Crippen molar-refractivity contribution in [2.24, 2.45) is 0 Å². The molecule has 0 aliphatic rings. The van der Waals surface area contributed by atoms with Crippen molar-refractivity contribution >= 4 is 26.0 Å². The quantitative estimate of drug-likeness (QED) is 0.210. The maximum Gasteiger partial charge on any atom is 0.264 e. The summed E-state index contributed by atoms with van der Waals surface area (Å²) in [7, 11) is -3.74. The Balaban J connectivity index is 3.03. The molecule has 0 rings (SSSR count). The second-order valence-corrected chi connectivity index (χ2v) is 8.29. The fourth-order valence-electron chi connectivity index (χ4n) is 2.50. The topological polar surface area (TPSA) is 54.4 Å². The molecule has 0 aromatic rings. The third-order valence-corrected chi connectivity index (χ3v) is 5.15. The van der Waals surface area contributed by atoms with Crippen molar-refractivity contribution in [3.05, 3.63) is 0 Å². The van der Waals surface area contributed by atoms with Crippen LogP contribution in [-0.2, 0) is 10.1 Å². The van der Waals surface area contributed by atoms with Crippen LogP contribution in [0.3, 0.4) is 0 Å². The van der Waals surface area contributed by atoms with Gasteiger partial charge < -0.3 is 0 Å². The van der Waals surface area contributed by atoms with Gasteiger partial charge in [-0.05, 0) is 12.8 Å². The molecule has 0 radical (unpaired) electrons. The van der Waals surface area contributed by atoms with Crippen LogP contribution in [0, 0.1) is 0 Å². The van der Waals surface area contributed by atoms with Crippen LogP contribution in [0.25, 0.3) is 0 Å². The van der Waals surface area contributed by atoms with Gasteiger partial charge in [-0.1, -0.05) is 93.0 Å². The summed E-state index contributed by atoms with van der Waals surface area (Å²) < 4.78 is 29.6. The summed E-state index contributed by atoms with van der Waals surface area (Å²) in [6.45, 7) is 0. The van der Waals surface area contributed by atoms with Crippen molar-refractivity contribution in [3.63, 3.8) is 0 Å². The zero-order valence-electron chi connectivity index (χ0n) is 13.4. The number of hydrogen-bond donors (Lipinski definition) is 1. The maximum absolute atomic E-state index is 10.5. The molecule has 0 unspecified atom stereocenters.